The first-order valence-corrected chi connectivity index (χ1v) is 10.2. The molecule has 0 unspecified atom stereocenters. The van der Waals surface area contributed by atoms with E-state index in [1.807, 2.05) is 66.1 Å². The van der Waals surface area contributed by atoms with Crippen molar-refractivity contribution in [3.63, 3.8) is 0 Å². The number of benzene rings is 2. The number of aromatic nitrogens is 3. The molecular weight excluding hydrogens is 390 g/mol. The van der Waals surface area contributed by atoms with Gasteiger partial charge in [-0.25, -0.2) is 0 Å². The maximum atomic E-state index is 12.1. The van der Waals surface area contributed by atoms with Crippen molar-refractivity contribution in [2.75, 3.05) is 7.11 Å². The fourth-order valence-electron chi connectivity index (χ4n) is 3.07. The minimum atomic E-state index is -0.285. The van der Waals surface area contributed by atoms with Gasteiger partial charge in [-0.2, -0.15) is 0 Å². The van der Waals surface area contributed by atoms with Gasteiger partial charge in [0.05, 0.1) is 7.11 Å². The number of hydrogen-bond acceptors (Lipinski definition) is 7. The van der Waals surface area contributed by atoms with Crippen LogP contribution < -0.4 is 9.47 Å². The maximum Gasteiger partial charge on any atom is 0.319 e. The van der Waals surface area contributed by atoms with Crippen LogP contribution in [0.25, 0.3) is 5.69 Å². The van der Waals surface area contributed by atoms with Gasteiger partial charge in [0, 0.05) is 12.1 Å². The zero-order valence-electron chi connectivity index (χ0n) is 16.1. The molecule has 1 aliphatic rings. The topological polar surface area (TPSA) is 75.5 Å². The summed E-state index contributed by atoms with van der Waals surface area (Å²) in [5.41, 5.74) is 0.910. The van der Waals surface area contributed by atoms with Gasteiger partial charge in [0.2, 0.25) is 0 Å². The minimum absolute atomic E-state index is 0.0778. The summed E-state index contributed by atoms with van der Waals surface area (Å²) >= 11 is 1.37. The Kier molecular flexibility index (Phi) is 5.71. The van der Waals surface area contributed by atoms with Crippen LogP contribution in [0.3, 0.4) is 0 Å². The first kappa shape index (κ1) is 19.3. The number of nitrogens with zero attached hydrogens (tertiary/aromatic N) is 3. The Morgan fingerprint density at radius 2 is 1.83 bits per heavy atom. The van der Waals surface area contributed by atoms with E-state index in [2.05, 4.69) is 10.2 Å². The van der Waals surface area contributed by atoms with E-state index >= 15 is 0 Å². The predicted octanol–water partition coefficient (Wildman–Crippen LogP) is 3.65. The molecular formula is C21H21N3O4S. The smallest absolute Gasteiger partial charge is 0.319 e. The van der Waals surface area contributed by atoms with Crippen molar-refractivity contribution < 1.29 is 19.0 Å². The Balaban J connectivity index is 1.58. The molecule has 3 aromatic rings. The van der Waals surface area contributed by atoms with Crippen LogP contribution in [-0.4, -0.2) is 39.2 Å². The maximum absolute atomic E-state index is 12.1. The lowest BCUT2D eigenvalue weighted by Gasteiger charge is -2.12. The molecule has 0 spiro atoms. The number of methoxy groups -OCH3 is 1. The van der Waals surface area contributed by atoms with Crippen LogP contribution in [0.4, 0.5) is 0 Å². The number of thioether (sulfide) groups is 1. The van der Waals surface area contributed by atoms with Crippen LogP contribution in [0.15, 0.2) is 59.8 Å². The Hall–Kier alpha value is -3.00. The summed E-state index contributed by atoms with van der Waals surface area (Å²) in [6.07, 6.45) is 0.578. The zero-order chi connectivity index (χ0) is 20.2. The van der Waals surface area contributed by atoms with E-state index in [0.29, 0.717) is 23.2 Å². The quantitative estimate of drug-likeness (QED) is 0.549. The van der Waals surface area contributed by atoms with Crippen LogP contribution >= 0.6 is 11.8 Å². The molecule has 2 aromatic carbocycles. The van der Waals surface area contributed by atoms with Crippen LogP contribution in [0.1, 0.15) is 19.2 Å². The summed E-state index contributed by atoms with van der Waals surface area (Å²) in [7, 11) is 1.62. The highest BCUT2D eigenvalue weighted by molar-refractivity contribution is 8.00. The second-order valence-corrected chi connectivity index (χ2v) is 7.79. The van der Waals surface area contributed by atoms with Gasteiger partial charge in [-0.05, 0) is 43.3 Å². The van der Waals surface area contributed by atoms with E-state index in [4.69, 9.17) is 14.2 Å². The van der Waals surface area contributed by atoms with Crippen molar-refractivity contribution >= 4 is 17.7 Å². The molecule has 1 aromatic heterocycles. The summed E-state index contributed by atoms with van der Waals surface area (Å²) in [6, 6.07) is 17.1. The van der Waals surface area contributed by atoms with Gasteiger partial charge in [0.25, 0.3) is 0 Å². The second-order valence-electron chi connectivity index (χ2n) is 6.62. The number of para-hydroxylation sites is 1. The average molecular weight is 411 g/mol. The van der Waals surface area contributed by atoms with Gasteiger partial charge < -0.3 is 14.2 Å². The lowest BCUT2D eigenvalue weighted by atomic mass is 10.3. The molecule has 7 nitrogen and oxygen atoms in total. The number of rotatable bonds is 7. The largest absolute Gasteiger partial charge is 0.497 e. The molecule has 2 heterocycles. The number of hydrogen-bond donors (Lipinski definition) is 0. The van der Waals surface area contributed by atoms with Gasteiger partial charge in [-0.1, -0.05) is 30.0 Å². The third-order valence-electron chi connectivity index (χ3n) is 4.52. The molecule has 0 bridgehead atoms. The molecule has 4 rings (SSSR count). The van der Waals surface area contributed by atoms with Crippen molar-refractivity contribution in [1.29, 1.82) is 0 Å². The van der Waals surface area contributed by atoms with E-state index in [-0.39, 0.29) is 23.9 Å². The van der Waals surface area contributed by atoms with E-state index in [1.54, 1.807) is 7.11 Å². The first-order valence-electron chi connectivity index (χ1n) is 9.28. The monoisotopic (exact) mass is 411 g/mol. The standard InChI is InChI=1S/C21H21N3O4S/c1-14-12-18(20(25)28-14)29-21-23-22-19(24(21)15-6-4-3-5-7-15)13-27-17-10-8-16(26-2)9-11-17/h3-11,14,18H,12-13H2,1-2H3/t14-,18+/m0/s1. The lowest BCUT2D eigenvalue weighted by molar-refractivity contribution is -0.140. The summed E-state index contributed by atoms with van der Waals surface area (Å²) in [6.45, 7) is 2.13. The highest BCUT2D eigenvalue weighted by atomic mass is 32.2. The van der Waals surface area contributed by atoms with Crippen LogP contribution in [0.5, 0.6) is 11.5 Å². The first-order chi connectivity index (χ1) is 14.1. The molecule has 1 aliphatic heterocycles. The van der Waals surface area contributed by atoms with Crippen molar-refractivity contribution in [2.45, 2.75) is 36.5 Å². The van der Waals surface area contributed by atoms with E-state index in [1.165, 1.54) is 11.8 Å². The fraction of sp³-hybridized carbons (Fsp3) is 0.286. The number of carbonyl (C=O) groups is 1. The summed E-state index contributed by atoms with van der Waals surface area (Å²) in [5, 5.41) is 9.00. The SMILES string of the molecule is COc1ccc(OCc2nnc(S[C@@H]3C[C@H](C)OC3=O)n2-c2ccccc2)cc1. The second kappa shape index (κ2) is 8.57. The van der Waals surface area contributed by atoms with Gasteiger partial charge in [0.15, 0.2) is 11.0 Å². The van der Waals surface area contributed by atoms with Gasteiger partial charge >= 0.3 is 5.97 Å². The highest BCUT2D eigenvalue weighted by Gasteiger charge is 2.34. The third-order valence-corrected chi connectivity index (χ3v) is 5.66. The van der Waals surface area contributed by atoms with Gasteiger partial charge in [-0.15, -0.1) is 10.2 Å². The van der Waals surface area contributed by atoms with Gasteiger partial charge in [0.1, 0.15) is 29.5 Å². The predicted molar refractivity (Wildman–Crippen MR) is 109 cm³/mol. The molecule has 1 fully saturated rings. The van der Waals surface area contributed by atoms with Crippen molar-refractivity contribution in [2.24, 2.45) is 0 Å². The molecule has 0 amide bonds. The Morgan fingerprint density at radius 1 is 1.10 bits per heavy atom. The third kappa shape index (κ3) is 4.37. The molecule has 0 aliphatic carbocycles. The number of carbonyl (C=O) groups excluding carboxylic acids is 1. The zero-order valence-corrected chi connectivity index (χ0v) is 17.0. The molecule has 0 radical (unpaired) electrons. The molecule has 2 atom stereocenters. The van der Waals surface area contributed by atoms with Gasteiger partial charge in [-0.3, -0.25) is 9.36 Å². The van der Waals surface area contributed by atoms with Crippen molar-refractivity contribution in [3.8, 4) is 17.2 Å². The molecule has 0 N–H and O–H groups in total. The van der Waals surface area contributed by atoms with Crippen molar-refractivity contribution in [3.05, 3.63) is 60.4 Å². The Morgan fingerprint density at radius 3 is 2.48 bits per heavy atom. The minimum Gasteiger partial charge on any atom is -0.497 e. The molecule has 29 heavy (non-hydrogen) atoms. The number of ether oxygens (including phenoxy) is 3. The number of cyclic esters (lactones) is 1. The van der Waals surface area contributed by atoms with Crippen molar-refractivity contribution in [1.82, 2.24) is 14.8 Å². The fourth-order valence-corrected chi connectivity index (χ4v) is 4.25. The Labute approximate surface area is 173 Å². The molecule has 150 valence electrons. The highest BCUT2D eigenvalue weighted by Crippen LogP contribution is 2.33. The van der Waals surface area contributed by atoms with E-state index in [9.17, 15) is 4.79 Å². The Bertz CT molecular complexity index is 975. The van der Waals surface area contributed by atoms with E-state index < -0.39 is 0 Å². The van der Waals surface area contributed by atoms with Crippen LogP contribution in [-0.2, 0) is 16.1 Å². The normalized spacial score (nSPS) is 18.5. The van der Waals surface area contributed by atoms with E-state index in [0.717, 1.165) is 11.4 Å². The molecule has 0 saturated carbocycles. The van der Waals surface area contributed by atoms with Crippen LogP contribution in [0.2, 0.25) is 0 Å². The summed E-state index contributed by atoms with van der Waals surface area (Å²) in [4.78, 5) is 12.1. The molecule has 8 heteroatoms. The molecule has 1 saturated heterocycles. The summed E-state index contributed by atoms with van der Waals surface area (Å²) in [5.74, 6) is 1.91. The average Bonchev–Trinajstić information content (AvgIpc) is 3.29. The summed E-state index contributed by atoms with van der Waals surface area (Å²) < 4.78 is 18.3. The lowest BCUT2D eigenvalue weighted by Crippen LogP contribution is -2.12. The number of esters is 1. The van der Waals surface area contributed by atoms with Crippen LogP contribution in [0, 0.1) is 0 Å².